The minimum atomic E-state index is 0.0190. The maximum absolute atomic E-state index is 12.2. The minimum absolute atomic E-state index is 0.0190. The molecule has 1 fully saturated rings. The molecule has 1 saturated heterocycles. The third kappa shape index (κ3) is 3.27. The van der Waals surface area contributed by atoms with Crippen LogP contribution in [-0.4, -0.2) is 30.4 Å². The summed E-state index contributed by atoms with van der Waals surface area (Å²) in [5.74, 6) is 1.43. The molecule has 0 radical (unpaired) electrons. The molecule has 1 amide bonds. The lowest BCUT2D eigenvalue weighted by Gasteiger charge is -2.20. The lowest BCUT2D eigenvalue weighted by atomic mass is 10.1. The smallest absolute Gasteiger partial charge is 0.227 e. The van der Waals surface area contributed by atoms with Crippen LogP contribution >= 0.6 is 23.4 Å². The molecule has 0 saturated carbocycles. The van der Waals surface area contributed by atoms with Gasteiger partial charge >= 0.3 is 0 Å². The van der Waals surface area contributed by atoms with Crippen molar-refractivity contribution in [2.75, 3.05) is 24.3 Å². The molecule has 0 N–H and O–H groups in total. The largest absolute Gasteiger partial charge is 0.495 e. The molecule has 108 valence electrons. The van der Waals surface area contributed by atoms with Crippen molar-refractivity contribution in [3.05, 3.63) is 23.2 Å². The van der Waals surface area contributed by atoms with Crippen LogP contribution in [0.5, 0.6) is 5.75 Å². The number of ether oxygens (including phenoxy) is 1. The van der Waals surface area contributed by atoms with Gasteiger partial charge in [-0.3, -0.25) is 9.59 Å². The second-order valence-electron chi connectivity index (χ2n) is 4.67. The van der Waals surface area contributed by atoms with E-state index in [0.717, 1.165) is 0 Å². The molecule has 2 rings (SSSR count). The Morgan fingerprint density at radius 3 is 2.95 bits per heavy atom. The fourth-order valence-corrected chi connectivity index (χ4v) is 3.23. The van der Waals surface area contributed by atoms with Gasteiger partial charge in [0.05, 0.1) is 12.1 Å². The van der Waals surface area contributed by atoms with Gasteiger partial charge in [0.1, 0.15) is 11.4 Å². The van der Waals surface area contributed by atoms with Gasteiger partial charge in [-0.2, -0.15) is 0 Å². The first kappa shape index (κ1) is 15.2. The van der Waals surface area contributed by atoms with Gasteiger partial charge < -0.3 is 9.64 Å². The Hall–Kier alpha value is -1.20. The maximum Gasteiger partial charge on any atom is 0.227 e. The summed E-state index contributed by atoms with van der Waals surface area (Å²) in [6.45, 7) is 2.11. The van der Waals surface area contributed by atoms with Crippen molar-refractivity contribution in [3.8, 4) is 5.75 Å². The Balaban J connectivity index is 2.18. The lowest BCUT2D eigenvalue weighted by molar-refractivity contribution is -0.117. The summed E-state index contributed by atoms with van der Waals surface area (Å²) >= 11 is 7.46. The van der Waals surface area contributed by atoms with E-state index in [2.05, 4.69) is 0 Å². The van der Waals surface area contributed by atoms with Crippen LogP contribution in [0.2, 0.25) is 5.02 Å². The number of benzene rings is 1. The third-order valence-corrected chi connectivity index (χ3v) is 4.52. The molecule has 1 atom stereocenters. The van der Waals surface area contributed by atoms with Gasteiger partial charge in [-0.1, -0.05) is 29.4 Å². The predicted octanol–water partition coefficient (Wildman–Crippen LogP) is 2.98. The number of para-hydroxylation sites is 1. The predicted molar refractivity (Wildman–Crippen MR) is 81.6 cm³/mol. The summed E-state index contributed by atoms with van der Waals surface area (Å²) in [4.78, 5) is 24.8. The van der Waals surface area contributed by atoms with Crippen molar-refractivity contribution in [1.29, 1.82) is 0 Å². The van der Waals surface area contributed by atoms with Crippen LogP contribution < -0.4 is 9.64 Å². The van der Waals surface area contributed by atoms with Crippen LogP contribution in [0.15, 0.2) is 18.2 Å². The van der Waals surface area contributed by atoms with Gasteiger partial charge in [0, 0.05) is 25.6 Å². The molecular weight excluding hydrogens is 298 g/mol. The fraction of sp³-hybridized carbons (Fsp3) is 0.429. The number of halogens is 1. The summed E-state index contributed by atoms with van der Waals surface area (Å²) < 4.78 is 5.28. The van der Waals surface area contributed by atoms with Crippen molar-refractivity contribution < 1.29 is 14.3 Å². The third-order valence-electron chi connectivity index (χ3n) is 3.17. The number of nitrogens with zero attached hydrogens (tertiary/aromatic N) is 1. The molecule has 0 aromatic heterocycles. The van der Waals surface area contributed by atoms with Crippen LogP contribution in [0.3, 0.4) is 0 Å². The van der Waals surface area contributed by atoms with E-state index in [1.807, 2.05) is 0 Å². The first-order valence-corrected chi connectivity index (χ1v) is 7.65. The number of hydrogen-bond acceptors (Lipinski definition) is 4. The molecule has 0 spiro atoms. The van der Waals surface area contributed by atoms with Crippen molar-refractivity contribution in [2.45, 2.75) is 13.3 Å². The molecule has 1 unspecified atom stereocenters. The molecule has 0 aliphatic carbocycles. The zero-order chi connectivity index (χ0) is 14.7. The van der Waals surface area contributed by atoms with Crippen LogP contribution in [0.4, 0.5) is 5.69 Å². The molecule has 1 aromatic rings. The number of rotatable bonds is 4. The van der Waals surface area contributed by atoms with E-state index in [0.29, 0.717) is 35.2 Å². The molecule has 1 aromatic carbocycles. The van der Waals surface area contributed by atoms with Gasteiger partial charge in [-0.15, -0.1) is 0 Å². The molecule has 1 aliphatic rings. The summed E-state index contributed by atoms with van der Waals surface area (Å²) in [6, 6.07) is 5.31. The fourth-order valence-electron chi connectivity index (χ4n) is 2.27. The summed E-state index contributed by atoms with van der Waals surface area (Å²) in [6.07, 6.45) is 0.439. The quantitative estimate of drug-likeness (QED) is 0.857. The van der Waals surface area contributed by atoms with Crippen molar-refractivity contribution in [2.24, 2.45) is 5.92 Å². The number of hydrogen-bond donors (Lipinski definition) is 0. The van der Waals surface area contributed by atoms with Gasteiger partial charge in [0.25, 0.3) is 0 Å². The van der Waals surface area contributed by atoms with Crippen LogP contribution in [0.25, 0.3) is 0 Å². The van der Waals surface area contributed by atoms with Crippen LogP contribution in [0, 0.1) is 5.92 Å². The van der Waals surface area contributed by atoms with E-state index < -0.39 is 0 Å². The molecular formula is C14H16ClNO3S. The van der Waals surface area contributed by atoms with Crippen molar-refractivity contribution >= 4 is 40.1 Å². The van der Waals surface area contributed by atoms with Gasteiger partial charge in [-0.05, 0) is 18.1 Å². The first-order valence-electron chi connectivity index (χ1n) is 6.29. The summed E-state index contributed by atoms with van der Waals surface area (Å²) in [5, 5.41) is 0.573. The first-order chi connectivity index (χ1) is 9.52. The topological polar surface area (TPSA) is 46.6 Å². The number of carbonyl (C=O) groups excluding carboxylic acids is 2. The number of thioether (sulfide) groups is 1. The Morgan fingerprint density at radius 2 is 2.30 bits per heavy atom. The Bertz CT molecular complexity index is 535. The number of anilines is 1. The highest BCUT2D eigenvalue weighted by atomic mass is 35.5. The monoisotopic (exact) mass is 313 g/mol. The van der Waals surface area contributed by atoms with E-state index in [-0.39, 0.29) is 16.9 Å². The second-order valence-corrected chi connectivity index (χ2v) is 6.27. The highest BCUT2D eigenvalue weighted by Crippen LogP contribution is 2.39. The zero-order valence-electron chi connectivity index (χ0n) is 11.4. The second kappa shape index (κ2) is 6.50. The van der Waals surface area contributed by atoms with E-state index in [9.17, 15) is 9.59 Å². The lowest BCUT2D eigenvalue weighted by Crippen LogP contribution is -2.25. The van der Waals surface area contributed by atoms with E-state index >= 15 is 0 Å². The maximum atomic E-state index is 12.2. The normalized spacial score (nSPS) is 18.4. The van der Waals surface area contributed by atoms with E-state index in [4.69, 9.17) is 16.3 Å². The van der Waals surface area contributed by atoms with Gasteiger partial charge in [0.15, 0.2) is 5.12 Å². The minimum Gasteiger partial charge on any atom is -0.495 e. The molecule has 6 heteroatoms. The SMILES string of the molecule is COc1cccc(Cl)c1N1CC(CSC(C)=O)CC1=O. The average molecular weight is 314 g/mol. The van der Waals surface area contributed by atoms with E-state index in [1.54, 1.807) is 30.2 Å². The zero-order valence-corrected chi connectivity index (χ0v) is 13.0. The summed E-state index contributed by atoms with van der Waals surface area (Å²) in [7, 11) is 1.55. The standard InChI is InChI=1S/C14H16ClNO3S/c1-9(17)20-8-10-6-13(18)16(7-10)14-11(15)4-3-5-12(14)19-2/h3-5,10H,6-8H2,1-2H3. The number of carbonyl (C=O) groups is 2. The molecule has 1 aliphatic heterocycles. The highest BCUT2D eigenvalue weighted by molar-refractivity contribution is 8.13. The molecule has 1 heterocycles. The van der Waals surface area contributed by atoms with Crippen molar-refractivity contribution in [3.63, 3.8) is 0 Å². The molecule has 4 nitrogen and oxygen atoms in total. The molecule has 20 heavy (non-hydrogen) atoms. The summed E-state index contributed by atoms with van der Waals surface area (Å²) in [5.41, 5.74) is 0.622. The molecule has 0 bridgehead atoms. The number of amides is 1. The Labute approximate surface area is 127 Å². The van der Waals surface area contributed by atoms with Crippen LogP contribution in [-0.2, 0) is 9.59 Å². The van der Waals surface area contributed by atoms with E-state index in [1.165, 1.54) is 18.7 Å². The van der Waals surface area contributed by atoms with Crippen LogP contribution in [0.1, 0.15) is 13.3 Å². The number of methoxy groups -OCH3 is 1. The Morgan fingerprint density at radius 1 is 1.55 bits per heavy atom. The van der Waals surface area contributed by atoms with Crippen molar-refractivity contribution in [1.82, 2.24) is 0 Å². The Kier molecular flexibility index (Phi) is 4.94. The van der Waals surface area contributed by atoms with Gasteiger partial charge in [0.2, 0.25) is 5.91 Å². The van der Waals surface area contributed by atoms with Gasteiger partial charge in [-0.25, -0.2) is 0 Å². The average Bonchev–Trinajstić information content (AvgIpc) is 2.77. The highest BCUT2D eigenvalue weighted by Gasteiger charge is 2.33.